The number of carbonyl (C=O) groups is 1. The van der Waals surface area contributed by atoms with Crippen molar-refractivity contribution in [3.8, 4) is 0 Å². The number of benzene rings is 1. The zero-order valence-corrected chi connectivity index (χ0v) is 11.1. The third-order valence-electron chi connectivity index (χ3n) is 2.86. The quantitative estimate of drug-likeness (QED) is 0.750. The van der Waals surface area contributed by atoms with Gasteiger partial charge in [0.1, 0.15) is 0 Å². The molecular weight excluding hydrogens is 242 g/mol. The van der Waals surface area contributed by atoms with E-state index in [-0.39, 0.29) is 5.91 Å². The second kappa shape index (κ2) is 6.89. The first-order chi connectivity index (χ1) is 9.33. The SMILES string of the molecule is CCCCOCCNC(=O)c1n[nH]c2ccccc12. The van der Waals surface area contributed by atoms with Crippen molar-refractivity contribution in [2.24, 2.45) is 0 Å². The Balaban J connectivity index is 1.83. The molecule has 1 aromatic carbocycles. The van der Waals surface area contributed by atoms with Crippen molar-refractivity contribution in [3.63, 3.8) is 0 Å². The molecule has 0 spiro atoms. The first-order valence-electron chi connectivity index (χ1n) is 6.62. The van der Waals surface area contributed by atoms with Crippen LogP contribution < -0.4 is 5.32 Å². The van der Waals surface area contributed by atoms with Gasteiger partial charge in [0.15, 0.2) is 5.69 Å². The van der Waals surface area contributed by atoms with Gasteiger partial charge in [-0.15, -0.1) is 0 Å². The summed E-state index contributed by atoms with van der Waals surface area (Å²) in [7, 11) is 0. The van der Waals surface area contributed by atoms with Crippen LogP contribution in [-0.2, 0) is 4.74 Å². The Bertz CT molecular complexity index is 536. The maximum absolute atomic E-state index is 12.0. The van der Waals surface area contributed by atoms with Crippen LogP contribution in [0.2, 0.25) is 0 Å². The summed E-state index contributed by atoms with van der Waals surface area (Å²) in [6.45, 7) is 3.91. The highest BCUT2D eigenvalue weighted by atomic mass is 16.5. The van der Waals surface area contributed by atoms with E-state index >= 15 is 0 Å². The maximum Gasteiger partial charge on any atom is 0.272 e. The third-order valence-corrected chi connectivity index (χ3v) is 2.86. The summed E-state index contributed by atoms with van der Waals surface area (Å²) in [4.78, 5) is 12.0. The summed E-state index contributed by atoms with van der Waals surface area (Å²) in [6.07, 6.45) is 2.17. The Morgan fingerprint density at radius 3 is 3.05 bits per heavy atom. The van der Waals surface area contributed by atoms with Crippen LogP contribution >= 0.6 is 0 Å². The zero-order valence-electron chi connectivity index (χ0n) is 11.1. The van der Waals surface area contributed by atoms with E-state index in [0.29, 0.717) is 18.8 Å². The van der Waals surface area contributed by atoms with Gasteiger partial charge in [-0.3, -0.25) is 9.89 Å². The highest BCUT2D eigenvalue weighted by Crippen LogP contribution is 2.14. The summed E-state index contributed by atoms with van der Waals surface area (Å²) in [5.74, 6) is -0.170. The molecule has 19 heavy (non-hydrogen) atoms. The molecule has 0 atom stereocenters. The summed E-state index contributed by atoms with van der Waals surface area (Å²) < 4.78 is 5.39. The van der Waals surface area contributed by atoms with Gasteiger partial charge in [0.25, 0.3) is 5.91 Å². The predicted octanol–water partition coefficient (Wildman–Crippen LogP) is 2.11. The molecule has 5 nitrogen and oxygen atoms in total. The fraction of sp³-hybridized carbons (Fsp3) is 0.429. The number of H-pyrrole nitrogens is 1. The van der Waals surface area contributed by atoms with Crippen LogP contribution in [0, 0.1) is 0 Å². The number of carbonyl (C=O) groups excluding carboxylic acids is 1. The number of fused-ring (bicyclic) bond motifs is 1. The number of rotatable bonds is 7. The van der Waals surface area contributed by atoms with Crippen LogP contribution in [0.5, 0.6) is 0 Å². The molecule has 0 aliphatic carbocycles. The maximum atomic E-state index is 12.0. The minimum absolute atomic E-state index is 0.170. The van der Waals surface area contributed by atoms with E-state index in [1.165, 1.54) is 0 Å². The number of aromatic nitrogens is 2. The minimum atomic E-state index is -0.170. The molecule has 0 saturated carbocycles. The Morgan fingerprint density at radius 1 is 1.37 bits per heavy atom. The minimum Gasteiger partial charge on any atom is -0.380 e. The third kappa shape index (κ3) is 3.54. The number of nitrogens with zero attached hydrogens (tertiary/aromatic N) is 1. The zero-order chi connectivity index (χ0) is 13.5. The van der Waals surface area contributed by atoms with Gasteiger partial charge in [-0.1, -0.05) is 31.5 Å². The number of unbranched alkanes of at least 4 members (excludes halogenated alkanes) is 1. The summed E-state index contributed by atoms with van der Waals surface area (Å²) in [6, 6.07) is 7.57. The van der Waals surface area contributed by atoms with Gasteiger partial charge in [0.05, 0.1) is 12.1 Å². The molecule has 0 bridgehead atoms. The van der Waals surface area contributed by atoms with Gasteiger partial charge in [0, 0.05) is 18.5 Å². The molecule has 102 valence electrons. The van der Waals surface area contributed by atoms with Crippen molar-refractivity contribution in [2.75, 3.05) is 19.8 Å². The molecule has 2 rings (SSSR count). The molecule has 2 N–H and O–H groups in total. The van der Waals surface area contributed by atoms with Gasteiger partial charge in [0.2, 0.25) is 0 Å². The number of para-hydroxylation sites is 1. The largest absolute Gasteiger partial charge is 0.380 e. The Hall–Kier alpha value is -1.88. The van der Waals surface area contributed by atoms with Gasteiger partial charge in [-0.25, -0.2) is 0 Å². The fourth-order valence-electron chi connectivity index (χ4n) is 1.81. The number of amides is 1. The van der Waals surface area contributed by atoms with E-state index in [4.69, 9.17) is 4.74 Å². The second-order valence-corrected chi connectivity index (χ2v) is 4.34. The van der Waals surface area contributed by atoms with E-state index < -0.39 is 0 Å². The van der Waals surface area contributed by atoms with Gasteiger partial charge in [-0.05, 0) is 12.5 Å². The topological polar surface area (TPSA) is 67.0 Å². The first kappa shape index (κ1) is 13.5. The Labute approximate surface area is 112 Å². The van der Waals surface area contributed by atoms with Crippen LogP contribution in [0.1, 0.15) is 30.3 Å². The van der Waals surface area contributed by atoms with Crippen LogP contribution in [0.3, 0.4) is 0 Å². The highest BCUT2D eigenvalue weighted by molar-refractivity contribution is 6.04. The molecule has 1 heterocycles. The molecule has 1 aromatic heterocycles. The molecule has 2 aromatic rings. The normalized spacial score (nSPS) is 10.8. The van der Waals surface area contributed by atoms with Crippen molar-refractivity contribution in [1.82, 2.24) is 15.5 Å². The van der Waals surface area contributed by atoms with Crippen LogP contribution in [0.25, 0.3) is 10.9 Å². The molecule has 0 radical (unpaired) electrons. The number of hydrogen-bond donors (Lipinski definition) is 2. The van der Waals surface area contributed by atoms with Crippen molar-refractivity contribution in [1.29, 1.82) is 0 Å². The van der Waals surface area contributed by atoms with Crippen molar-refractivity contribution >= 4 is 16.8 Å². The van der Waals surface area contributed by atoms with Crippen molar-refractivity contribution in [2.45, 2.75) is 19.8 Å². The molecule has 1 amide bonds. The summed E-state index contributed by atoms with van der Waals surface area (Å²) in [5.41, 5.74) is 1.30. The van der Waals surface area contributed by atoms with Crippen LogP contribution in [0.15, 0.2) is 24.3 Å². The lowest BCUT2D eigenvalue weighted by atomic mass is 10.2. The lowest BCUT2D eigenvalue weighted by Crippen LogP contribution is -2.27. The van der Waals surface area contributed by atoms with E-state index in [1.54, 1.807) is 0 Å². The number of aromatic amines is 1. The van der Waals surface area contributed by atoms with Crippen molar-refractivity contribution in [3.05, 3.63) is 30.0 Å². The molecule has 0 aliphatic heterocycles. The Morgan fingerprint density at radius 2 is 2.21 bits per heavy atom. The molecule has 0 saturated heterocycles. The van der Waals surface area contributed by atoms with E-state index in [0.717, 1.165) is 30.4 Å². The number of hydrogen-bond acceptors (Lipinski definition) is 3. The second-order valence-electron chi connectivity index (χ2n) is 4.34. The van der Waals surface area contributed by atoms with Gasteiger partial charge >= 0.3 is 0 Å². The average Bonchev–Trinajstić information content (AvgIpc) is 2.86. The monoisotopic (exact) mass is 261 g/mol. The van der Waals surface area contributed by atoms with Crippen LogP contribution in [0.4, 0.5) is 0 Å². The van der Waals surface area contributed by atoms with Crippen LogP contribution in [-0.4, -0.2) is 35.9 Å². The number of nitrogens with one attached hydrogen (secondary N) is 2. The molecule has 0 fully saturated rings. The van der Waals surface area contributed by atoms with E-state index in [1.807, 2.05) is 24.3 Å². The summed E-state index contributed by atoms with van der Waals surface area (Å²) in [5, 5.41) is 10.5. The molecule has 0 aliphatic rings. The van der Waals surface area contributed by atoms with Gasteiger partial charge < -0.3 is 10.1 Å². The smallest absolute Gasteiger partial charge is 0.272 e. The predicted molar refractivity (Wildman–Crippen MR) is 74.2 cm³/mol. The summed E-state index contributed by atoms with van der Waals surface area (Å²) >= 11 is 0. The average molecular weight is 261 g/mol. The highest BCUT2D eigenvalue weighted by Gasteiger charge is 2.12. The standard InChI is InChI=1S/C14H19N3O2/c1-2-3-9-19-10-8-15-14(18)13-11-6-4-5-7-12(11)16-17-13/h4-7H,2-3,8-10H2,1H3,(H,15,18)(H,16,17). The van der Waals surface area contributed by atoms with E-state index in [2.05, 4.69) is 22.4 Å². The number of ether oxygens (including phenoxy) is 1. The van der Waals surface area contributed by atoms with Gasteiger partial charge in [-0.2, -0.15) is 5.10 Å². The fourth-order valence-corrected chi connectivity index (χ4v) is 1.81. The first-order valence-corrected chi connectivity index (χ1v) is 6.62. The van der Waals surface area contributed by atoms with Crippen molar-refractivity contribution < 1.29 is 9.53 Å². The lowest BCUT2D eigenvalue weighted by molar-refractivity contribution is 0.0909. The molecule has 5 heteroatoms. The molecular formula is C14H19N3O2. The Kier molecular flexibility index (Phi) is 4.92. The van der Waals surface area contributed by atoms with E-state index in [9.17, 15) is 4.79 Å². The molecule has 0 unspecified atom stereocenters. The lowest BCUT2D eigenvalue weighted by Gasteiger charge is -2.04.